The van der Waals surface area contributed by atoms with Crippen molar-refractivity contribution in [1.29, 1.82) is 0 Å². The Balaban J connectivity index is 1.94. The number of halogens is 2. The minimum Gasteiger partial charge on any atom is -0.340 e. The number of Topliss-reactive ketones (excluding diaryl/α,β-unsaturated/α-hetero) is 1. The fraction of sp³-hybridized carbons (Fsp3) is 0.621. The molecule has 0 saturated carbocycles. The lowest BCUT2D eigenvalue weighted by atomic mass is 9.78. The molecule has 0 bridgehead atoms. The van der Waals surface area contributed by atoms with Gasteiger partial charge in [0.1, 0.15) is 11.5 Å². The molecule has 0 radical (unpaired) electrons. The Hall–Kier alpha value is -2.57. The normalized spacial score (nSPS) is 16.1. The van der Waals surface area contributed by atoms with Crippen LogP contribution in [-0.2, 0) is 17.8 Å². The van der Waals surface area contributed by atoms with Crippen LogP contribution in [0.1, 0.15) is 96.8 Å². The van der Waals surface area contributed by atoms with Crippen LogP contribution in [0.2, 0.25) is 0 Å². The highest BCUT2D eigenvalue weighted by atomic mass is 19.2. The molecular formula is C29H41F2N3O2. The Kier molecular flexibility index (Phi) is 8.41. The lowest BCUT2D eigenvalue weighted by molar-refractivity contribution is -0.127. The third-order valence-electron chi connectivity index (χ3n) is 7.00. The van der Waals surface area contributed by atoms with E-state index in [1.54, 1.807) is 0 Å². The maximum absolute atomic E-state index is 14.0. The summed E-state index contributed by atoms with van der Waals surface area (Å²) in [5.74, 6) is -1.99. The van der Waals surface area contributed by atoms with Gasteiger partial charge in [-0.3, -0.25) is 9.59 Å². The molecule has 2 atom stereocenters. The topological polar surface area (TPSA) is 64.0 Å². The van der Waals surface area contributed by atoms with Gasteiger partial charge in [-0.25, -0.2) is 13.8 Å². The molecule has 0 spiro atoms. The number of rotatable bonds is 7. The van der Waals surface area contributed by atoms with E-state index in [2.05, 4.69) is 31.1 Å². The van der Waals surface area contributed by atoms with Gasteiger partial charge in [0, 0.05) is 18.0 Å². The lowest BCUT2D eigenvalue weighted by Gasteiger charge is -2.32. The van der Waals surface area contributed by atoms with Crippen LogP contribution in [0.25, 0.3) is 11.4 Å². The minimum atomic E-state index is -0.952. The quantitative estimate of drug-likeness (QED) is 0.457. The molecule has 7 heteroatoms. The summed E-state index contributed by atoms with van der Waals surface area (Å²) in [5.41, 5.74) is 1.11. The molecule has 2 aromatic rings. The number of aromatic nitrogens is 2. The number of imidazole rings is 1. The number of amides is 1. The number of hydrogen-bond donors (Lipinski definition) is 1. The molecule has 0 fully saturated rings. The maximum Gasteiger partial charge on any atom is 0.272 e. The van der Waals surface area contributed by atoms with Crippen LogP contribution in [0, 0.1) is 28.4 Å². The van der Waals surface area contributed by atoms with E-state index in [0.29, 0.717) is 24.4 Å². The number of hydrogen-bond acceptors (Lipinski definition) is 3. The largest absolute Gasteiger partial charge is 0.340 e. The zero-order valence-electron chi connectivity index (χ0n) is 22.8. The molecule has 1 amide bonds. The molecule has 1 aliphatic rings. The van der Waals surface area contributed by atoms with Crippen molar-refractivity contribution >= 4 is 11.7 Å². The van der Waals surface area contributed by atoms with E-state index >= 15 is 0 Å². The number of benzene rings is 1. The van der Waals surface area contributed by atoms with E-state index in [0.717, 1.165) is 49.9 Å². The average molecular weight is 502 g/mol. The fourth-order valence-electron chi connectivity index (χ4n) is 4.75. The van der Waals surface area contributed by atoms with Crippen molar-refractivity contribution in [3.8, 4) is 11.4 Å². The molecule has 1 N–H and O–H groups in total. The summed E-state index contributed by atoms with van der Waals surface area (Å²) in [4.78, 5) is 31.8. The van der Waals surface area contributed by atoms with Crippen LogP contribution in [0.4, 0.5) is 8.78 Å². The number of nitrogens with one attached hydrogen (secondary N) is 1. The Morgan fingerprint density at radius 3 is 2.36 bits per heavy atom. The van der Waals surface area contributed by atoms with E-state index < -0.39 is 29.0 Å². The minimum absolute atomic E-state index is 0.0197. The molecule has 1 aromatic heterocycles. The predicted octanol–water partition coefficient (Wildman–Crippen LogP) is 6.73. The highest BCUT2D eigenvalue weighted by molar-refractivity contribution is 5.98. The van der Waals surface area contributed by atoms with Gasteiger partial charge in [0.25, 0.3) is 5.91 Å². The molecule has 2 heterocycles. The van der Waals surface area contributed by atoms with E-state index in [-0.39, 0.29) is 22.8 Å². The van der Waals surface area contributed by atoms with Gasteiger partial charge in [0.15, 0.2) is 17.4 Å². The van der Waals surface area contributed by atoms with Crippen molar-refractivity contribution in [2.24, 2.45) is 16.7 Å². The maximum atomic E-state index is 14.0. The molecular weight excluding hydrogens is 460 g/mol. The number of carbonyl (C=O) groups excluding carboxylic acids is 2. The Bertz CT molecular complexity index is 1110. The summed E-state index contributed by atoms with van der Waals surface area (Å²) in [6, 6.07) is 3.01. The summed E-state index contributed by atoms with van der Waals surface area (Å²) >= 11 is 0. The number of nitrogens with zero attached hydrogens (tertiary/aromatic N) is 2. The molecule has 5 nitrogen and oxygen atoms in total. The van der Waals surface area contributed by atoms with Crippen LogP contribution in [0.5, 0.6) is 0 Å². The summed E-state index contributed by atoms with van der Waals surface area (Å²) in [6.45, 7) is 14.9. The first-order valence-corrected chi connectivity index (χ1v) is 13.1. The SMILES string of the molecule is CC(CCC(C)(C)C)C(=O)C(NC(=O)c1nc(-c2ccc(F)c(F)c2)n2c1CCCCC2)C(C)(C)C. The highest BCUT2D eigenvalue weighted by Gasteiger charge is 2.37. The second kappa shape index (κ2) is 10.8. The molecule has 0 saturated heterocycles. The van der Waals surface area contributed by atoms with Gasteiger partial charge in [0.05, 0.1) is 11.7 Å². The number of fused-ring (bicyclic) bond motifs is 1. The lowest BCUT2D eigenvalue weighted by Crippen LogP contribution is -2.51. The molecule has 198 valence electrons. The predicted molar refractivity (Wildman–Crippen MR) is 139 cm³/mol. The van der Waals surface area contributed by atoms with Crippen LogP contribution >= 0.6 is 0 Å². The van der Waals surface area contributed by atoms with Gasteiger partial charge >= 0.3 is 0 Å². The van der Waals surface area contributed by atoms with E-state index in [1.807, 2.05) is 32.3 Å². The summed E-state index contributed by atoms with van der Waals surface area (Å²) in [7, 11) is 0. The zero-order valence-corrected chi connectivity index (χ0v) is 22.8. The van der Waals surface area contributed by atoms with Crippen molar-refractivity contribution in [3.05, 3.63) is 41.2 Å². The zero-order chi connectivity index (χ0) is 26.8. The first-order valence-electron chi connectivity index (χ1n) is 13.1. The second-order valence-corrected chi connectivity index (χ2v) is 12.5. The molecule has 1 aromatic carbocycles. The smallest absolute Gasteiger partial charge is 0.272 e. The number of carbonyl (C=O) groups is 2. The number of ketones is 1. The standard InChI is InChI=1S/C29H41F2N3O2/c1-18(14-15-28(2,3)4)24(35)25(29(5,6)7)33-27(36)23-22-11-9-8-10-16-34(22)26(32-23)19-12-13-20(30)21(31)17-19/h12-13,17-18,25H,8-11,14-16H2,1-7H3,(H,33,36). The Morgan fingerprint density at radius 2 is 1.75 bits per heavy atom. The van der Waals surface area contributed by atoms with Crippen molar-refractivity contribution in [3.63, 3.8) is 0 Å². The molecule has 36 heavy (non-hydrogen) atoms. The fourth-order valence-corrected chi connectivity index (χ4v) is 4.75. The van der Waals surface area contributed by atoms with E-state index in [4.69, 9.17) is 0 Å². The molecule has 1 aliphatic heterocycles. The van der Waals surface area contributed by atoms with Gasteiger partial charge in [-0.05, 0) is 61.1 Å². The first-order chi connectivity index (χ1) is 16.7. The van der Waals surface area contributed by atoms with Gasteiger partial charge < -0.3 is 9.88 Å². The summed E-state index contributed by atoms with van der Waals surface area (Å²) in [6.07, 6.45) is 5.16. The van der Waals surface area contributed by atoms with Crippen LogP contribution in [-0.4, -0.2) is 27.3 Å². The van der Waals surface area contributed by atoms with Crippen LogP contribution < -0.4 is 5.32 Å². The molecule has 2 unspecified atom stereocenters. The van der Waals surface area contributed by atoms with E-state index in [1.165, 1.54) is 6.07 Å². The second-order valence-electron chi connectivity index (χ2n) is 12.5. The average Bonchev–Trinajstić information content (AvgIpc) is 2.96. The van der Waals surface area contributed by atoms with Gasteiger partial charge in [-0.15, -0.1) is 0 Å². The third kappa shape index (κ3) is 6.60. The summed E-state index contributed by atoms with van der Waals surface area (Å²) in [5, 5.41) is 3.01. The first kappa shape index (κ1) is 28.0. The van der Waals surface area contributed by atoms with Crippen LogP contribution in [0.15, 0.2) is 18.2 Å². The van der Waals surface area contributed by atoms with Crippen molar-refractivity contribution in [2.45, 2.75) is 99.6 Å². The monoisotopic (exact) mass is 501 g/mol. The third-order valence-corrected chi connectivity index (χ3v) is 7.00. The van der Waals surface area contributed by atoms with Crippen molar-refractivity contribution in [2.75, 3.05) is 0 Å². The van der Waals surface area contributed by atoms with Crippen LogP contribution in [0.3, 0.4) is 0 Å². The van der Waals surface area contributed by atoms with Gasteiger partial charge in [-0.1, -0.05) is 54.9 Å². The van der Waals surface area contributed by atoms with Gasteiger partial charge in [0.2, 0.25) is 0 Å². The summed E-state index contributed by atoms with van der Waals surface area (Å²) < 4.78 is 29.5. The van der Waals surface area contributed by atoms with Crippen molar-refractivity contribution in [1.82, 2.24) is 14.9 Å². The van der Waals surface area contributed by atoms with Gasteiger partial charge in [-0.2, -0.15) is 0 Å². The van der Waals surface area contributed by atoms with E-state index in [9.17, 15) is 18.4 Å². The Morgan fingerprint density at radius 1 is 1.06 bits per heavy atom. The highest BCUT2D eigenvalue weighted by Crippen LogP contribution is 2.31. The molecule has 0 aliphatic carbocycles. The molecule has 3 rings (SSSR count). The Labute approximate surface area is 214 Å². The van der Waals surface area contributed by atoms with Crippen molar-refractivity contribution < 1.29 is 18.4 Å².